The summed E-state index contributed by atoms with van der Waals surface area (Å²) in [5.74, 6) is 1.49. The second-order valence-electron chi connectivity index (χ2n) is 6.33. The average molecular weight is 273 g/mol. The van der Waals surface area contributed by atoms with Gasteiger partial charge in [0.15, 0.2) is 5.82 Å². The first-order chi connectivity index (χ1) is 9.44. The summed E-state index contributed by atoms with van der Waals surface area (Å²) in [5.41, 5.74) is 2.58. The molecule has 0 bridgehead atoms. The van der Waals surface area contributed by atoms with E-state index in [1.165, 1.54) is 5.56 Å². The van der Waals surface area contributed by atoms with Gasteiger partial charge < -0.3 is 9.84 Å². The third-order valence-corrected chi connectivity index (χ3v) is 3.00. The Hall–Kier alpha value is -1.84. The van der Waals surface area contributed by atoms with E-state index in [4.69, 9.17) is 4.52 Å². The number of anilines is 1. The minimum atomic E-state index is 0.181. The lowest BCUT2D eigenvalue weighted by atomic mass is 9.92. The second kappa shape index (κ2) is 6.07. The predicted octanol–water partition coefficient (Wildman–Crippen LogP) is 3.62. The van der Waals surface area contributed by atoms with Crippen LogP contribution in [0.25, 0.3) is 0 Å². The molecule has 0 aliphatic rings. The van der Waals surface area contributed by atoms with E-state index in [1.807, 2.05) is 12.1 Å². The molecule has 0 saturated carbocycles. The zero-order valence-electron chi connectivity index (χ0n) is 12.7. The molecular weight excluding hydrogens is 250 g/mol. The largest absolute Gasteiger partial charge is 0.384 e. The van der Waals surface area contributed by atoms with E-state index < -0.39 is 0 Å². The number of para-hydroxylation sites is 1. The number of hydrogen-bond acceptors (Lipinski definition) is 4. The van der Waals surface area contributed by atoms with Crippen LogP contribution in [-0.4, -0.2) is 16.7 Å². The Morgan fingerprint density at radius 2 is 1.95 bits per heavy atom. The number of hydrogen-bond donors (Lipinski definition) is 1. The monoisotopic (exact) mass is 273 g/mol. The molecule has 0 saturated heterocycles. The van der Waals surface area contributed by atoms with Gasteiger partial charge in [-0.05, 0) is 24.0 Å². The van der Waals surface area contributed by atoms with Crippen molar-refractivity contribution in [2.24, 2.45) is 5.41 Å². The van der Waals surface area contributed by atoms with Crippen molar-refractivity contribution in [1.82, 2.24) is 10.1 Å². The molecule has 0 fully saturated rings. The maximum Gasteiger partial charge on any atom is 0.228 e. The van der Waals surface area contributed by atoms with E-state index in [9.17, 15) is 0 Å². The Labute approximate surface area is 120 Å². The van der Waals surface area contributed by atoms with Gasteiger partial charge in [-0.25, -0.2) is 0 Å². The van der Waals surface area contributed by atoms with Gasteiger partial charge in [-0.15, -0.1) is 0 Å². The van der Waals surface area contributed by atoms with Crippen molar-refractivity contribution in [3.05, 3.63) is 41.5 Å². The van der Waals surface area contributed by atoms with E-state index in [-0.39, 0.29) is 5.41 Å². The van der Waals surface area contributed by atoms with Crippen LogP contribution in [0.5, 0.6) is 0 Å². The molecule has 1 aromatic heterocycles. The first-order valence-corrected chi connectivity index (χ1v) is 7.05. The van der Waals surface area contributed by atoms with E-state index in [0.29, 0.717) is 5.89 Å². The molecule has 0 atom stereocenters. The average Bonchev–Trinajstić information content (AvgIpc) is 2.77. The van der Waals surface area contributed by atoms with Crippen molar-refractivity contribution < 1.29 is 4.52 Å². The molecule has 2 aromatic rings. The summed E-state index contributed by atoms with van der Waals surface area (Å²) in [6.45, 7) is 9.40. The van der Waals surface area contributed by atoms with Crippen molar-refractivity contribution in [3.63, 3.8) is 0 Å². The molecule has 4 nitrogen and oxygen atoms in total. The van der Waals surface area contributed by atoms with Crippen molar-refractivity contribution in [2.45, 2.75) is 40.5 Å². The van der Waals surface area contributed by atoms with Gasteiger partial charge in [0.25, 0.3) is 0 Å². The molecule has 1 aromatic carbocycles. The standard InChI is InChI=1S/C16H23N3O/c1-12-7-5-6-8-13(12)17-10-9-15-18-14(19-20-15)11-16(2,3)4/h5-8,17H,9-11H2,1-4H3. The van der Waals surface area contributed by atoms with Crippen molar-refractivity contribution >= 4 is 5.69 Å². The SMILES string of the molecule is Cc1ccccc1NCCc1nc(CC(C)(C)C)no1. The second-order valence-corrected chi connectivity index (χ2v) is 6.33. The predicted molar refractivity (Wildman–Crippen MR) is 80.8 cm³/mol. The quantitative estimate of drug-likeness (QED) is 0.904. The van der Waals surface area contributed by atoms with Crippen LogP contribution in [0.15, 0.2) is 28.8 Å². The van der Waals surface area contributed by atoms with Gasteiger partial charge in [-0.1, -0.05) is 44.1 Å². The van der Waals surface area contributed by atoms with Crippen LogP contribution in [0.2, 0.25) is 0 Å². The summed E-state index contributed by atoms with van der Waals surface area (Å²) in [6.07, 6.45) is 1.58. The third-order valence-electron chi connectivity index (χ3n) is 3.00. The Morgan fingerprint density at radius 1 is 1.20 bits per heavy atom. The van der Waals surface area contributed by atoms with Gasteiger partial charge in [-0.3, -0.25) is 0 Å². The van der Waals surface area contributed by atoms with Crippen LogP contribution in [-0.2, 0) is 12.8 Å². The van der Waals surface area contributed by atoms with Crippen molar-refractivity contribution in [2.75, 3.05) is 11.9 Å². The molecular formula is C16H23N3O. The van der Waals surface area contributed by atoms with E-state index in [0.717, 1.165) is 30.9 Å². The molecule has 2 rings (SSSR count). The topological polar surface area (TPSA) is 51.0 Å². The van der Waals surface area contributed by atoms with Gasteiger partial charge in [0.1, 0.15) is 0 Å². The Morgan fingerprint density at radius 3 is 2.65 bits per heavy atom. The maximum absolute atomic E-state index is 5.28. The van der Waals surface area contributed by atoms with Crippen molar-refractivity contribution in [1.29, 1.82) is 0 Å². The molecule has 20 heavy (non-hydrogen) atoms. The number of aryl methyl sites for hydroxylation is 1. The van der Waals surface area contributed by atoms with Crippen molar-refractivity contribution in [3.8, 4) is 0 Å². The number of aromatic nitrogens is 2. The summed E-state index contributed by atoms with van der Waals surface area (Å²) < 4.78 is 5.28. The lowest BCUT2D eigenvalue weighted by molar-refractivity contribution is 0.355. The highest BCUT2D eigenvalue weighted by Gasteiger charge is 2.16. The smallest absolute Gasteiger partial charge is 0.228 e. The number of rotatable bonds is 5. The lowest BCUT2D eigenvalue weighted by Crippen LogP contribution is -2.10. The fourth-order valence-corrected chi connectivity index (χ4v) is 2.01. The first-order valence-electron chi connectivity index (χ1n) is 7.05. The van der Waals surface area contributed by atoms with E-state index in [2.05, 4.69) is 55.3 Å². The summed E-state index contributed by atoms with van der Waals surface area (Å²) >= 11 is 0. The minimum Gasteiger partial charge on any atom is -0.384 e. The fraction of sp³-hybridized carbons (Fsp3) is 0.500. The highest BCUT2D eigenvalue weighted by Crippen LogP contribution is 2.18. The number of nitrogens with zero attached hydrogens (tertiary/aromatic N) is 2. The molecule has 0 spiro atoms. The molecule has 1 N–H and O–H groups in total. The Balaban J connectivity index is 1.84. The third kappa shape index (κ3) is 4.37. The highest BCUT2D eigenvalue weighted by atomic mass is 16.5. The van der Waals surface area contributed by atoms with Gasteiger partial charge in [0.2, 0.25) is 5.89 Å². The van der Waals surface area contributed by atoms with Crippen LogP contribution in [0.4, 0.5) is 5.69 Å². The zero-order valence-corrected chi connectivity index (χ0v) is 12.7. The van der Waals surface area contributed by atoms with Crippen LogP contribution < -0.4 is 5.32 Å². The van der Waals surface area contributed by atoms with Crippen LogP contribution >= 0.6 is 0 Å². The number of benzene rings is 1. The van der Waals surface area contributed by atoms with Crippen LogP contribution in [0.3, 0.4) is 0 Å². The summed E-state index contributed by atoms with van der Waals surface area (Å²) in [7, 11) is 0. The highest BCUT2D eigenvalue weighted by molar-refractivity contribution is 5.50. The molecule has 0 amide bonds. The van der Waals surface area contributed by atoms with Gasteiger partial charge in [0, 0.05) is 25.1 Å². The zero-order chi connectivity index (χ0) is 14.6. The van der Waals surface area contributed by atoms with Gasteiger partial charge in [0.05, 0.1) is 0 Å². The normalized spacial score (nSPS) is 11.6. The molecule has 1 heterocycles. The molecule has 4 heteroatoms. The first kappa shape index (κ1) is 14.6. The maximum atomic E-state index is 5.28. The fourth-order valence-electron chi connectivity index (χ4n) is 2.01. The molecule has 0 radical (unpaired) electrons. The molecule has 0 unspecified atom stereocenters. The summed E-state index contributed by atoms with van der Waals surface area (Å²) in [6, 6.07) is 8.24. The summed E-state index contributed by atoms with van der Waals surface area (Å²) in [5, 5.41) is 7.42. The number of nitrogens with one attached hydrogen (secondary N) is 1. The minimum absolute atomic E-state index is 0.181. The van der Waals surface area contributed by atoms with Gasteiger partial charge in [-0.2, -0.15) is 4.98 Å². The van der Waals surface area contributed by atoms with Crippen LogP contribution in [0.1, 0.15) is 38.0 Å². The summed E-state index contributed by atoms with van der Waals surface area (Å²) in [4.78, 5) is 4.43. The molecule has 108 valence electrons. The lowest BCUT2D eigenvalue weighted by Gasteiger charge is -2.14. The Bertz CT molecular complexity index is 555. The molecule has 0 aliphatic heterocycles. The van der Waals surface area contributed by atoms with E-state index in [1.54, 1.807) is 0 Å². The van der Waals surface area contributed by atoms with E-state index >= 15 is 0 Å². The van der Waals surface area contributed by atoms with Crippen LogP contribution in [0, 0.1) is 12.3 Å². The molecule has 0 aliphatic carbocycles. The Kier molecular flexibility index (Phi) is 4.42. The van der Waals surface area contributed by atoms with Gasteiger partial charge >= 0.3 is 0 Å².